The largest absolute Gasteiger partial charge is 0.378 e. The first-order valence-corrected chi connectivity index (χ1v) is 13.2. The van der Waals surface area contributed by atoms with Crippen molar-refractivity contribution in [2.24, 2.45) is 29.6 Å². The Hall–Kier alpha value is -1.65. The molecule has 5 aliphatic rings. The summed E-state index contributed by atoms with van der Waals surface area (Å²) >= 11 is 3.00. The molecule has 2 saturated carbocycles. The highest BCUT2D eigenvalue weighted by Crippen LogP contribution is 2.69. The molecule has 7 atom stereocenters. The molecular formula is C22H27N3O5S2. The Labute approximate surface area is 194 Å². The number of hydrogen-bond acceptors (Lipinski definition) is 7. The monoisotopic (exact) mass is 477 g/mol. The first-order valence-electron chi connectivity index (χ1n) is 11.5. The van der Waals surface area contributed by atoms with Crippen molar-refractivity contribution in [3.05, 3.63) is 14.5 Å². The zero-order valence-corrected chi connectivity index (χ0v) is 19.8. The molecule has 3 aliphatic heterocycles. The third kappa shape index (κ3) is 2.66. The number of morpholine rings is 1. The topological polar surface area (TPSA) is 99.8 Å². The van der Waals surface area contributed by atoms with Gasteiger partial charge in [0, 0.05) is 28.6 Å². The van der Waals surface area contributed by atoms with E-state index in [1.54, 1.807) is 16.7 Å². The maximum atomic E-state index is 13.5. The van der Waals surface area contributed by atoms with Crippen LogP contribution in [0.4, 0.5) is 0 Å². The van der Waals surface area contributed by atoms with Crippen LogP contribution in [0, 0.1) is 29.6 Å². The summed E-state index contributed by atoms with van der Waals surface area (Å²) in [7, 11) is 0. The Morgan fingerprint density at radius 2 is 1.84 bits per heavy atom. The highest BCUT2D eigenvalue weighted by molar-refractivity contribution is 8.00. The van der Waals surface area contributed by atoms with Crippen LogP contribution in [0.25, 0.3) is 0 Å². The summed E-state index contributed by atoms with van der Waals surface area (Å²) in [6, 6.07) is 0. The number of rotatable bonds is 3. The molecule has 0 radical (unpaired) electrons. The third-order valence-electron chi connectivity index (χ3n) is 8.71. The number of carbonyl (C=O) groups is 3. The summed E-state index contributed by atoms with van der Waals surface area (Å²) in [5, 5.41) is 1.17. The number of nitrogens with one attached hydrogen (secondary N) is 1. The second-order valence-corrected chi connectivity index (χ2v) is 12.1. The van der Waals surface area contributed by atoms with Gasteiger partial charge in [0.15, 0.2) is 0 Å². The van der Waals surface area contributed by atoms with E-state index in [2.05, 4.69) is 18.8 Å². The number of carbonyl (C=O) groups excluding carboxylic acids is 3. The minimum absolute atomic E-state index is 0.0327. The minimum atomic E-state index is -0.327. The van der Waals surface area contributed by atoms with Gasteiger partial charge < -0.3 is 14.6 Å². The Morgan fingerprint density at radius 1 is 1.16 bits per heavy atom. The van der Waals surface area contributed by atoms with Crippen LogP contribution in [0.3, 0.4) is 0 Å². The first kappa shape index (κ1) is 20.9. The smallest absolute Gasteiger partial charge is 0.305 e. The second-order valence-electron chi connectivity index (χ2n) is 9.92. The molecule has 6 rings (SSSR count). The molecule has 4 fully saturated rings. The number of nitrogens with zero attached hydrogens (tertiary/aromatic N) is 2. The Kier molecular flexibility index (Phi) is 4.69. The first-order chi connectivity index (χ1) is 15.3. The van der Waals surface area contributed by atoms with E-state index in [0.29, 0.717) is 26.3 Å². The van der Waals surface area contributed by atoms with Crippen molar-refractivity contribution in [2.75, 3.05) is 32.8 Å². The number of thiazole rings is 1. The van der Waals surface area contributed by atoms with E-state index >= 15 is 0 Å². The van der Waals surface area contributed by atoms with E-state index in [0.717, 1.165) is 22.7 Å². The molecule has 0 unspecified atom stereocenters. The number of aromatic amines is 1. The Bertz CT molecular complexity index is 1060. The molecular weight excluding hydrogens is 450 g/mol. The molecule has 2 aliphatic carbocycles. The molecule has 3 amide bonds. The Balaban J connectivity index is 1.30. The molecule has 1 aromatic heterocycles. The van der Waals surface area contributed by atoms with Crippen molar-refractivity contribution >= 4 is 40.8 Å². The molecule has 2 saturated heterocycles. The molecule has 10 heteroatoms. The third-order valence-corrected chi connectivity index (χ3v) is 11.5. The van der Waals surface area contributed by atoms with Crippen molar-refractivity contribution < 1.29 is 19.1 Å². The molecule has 2 bridgehead atoms. The minimum Gasteiger partial charge on any atom is -0.378 e. The van der Waals surface area contributed by atoms with Gasteiger partial charge in [-0.1, -0.05) is 25.2 Å². The number of ether oxygens (including phenoxy) is 1. The van der Waals surface area contributed by atoms with Crippen LogP contribution in [0.2, 0.25) is 0 Å². The predicted molar refractivity (Wildman–Crippen MR) is 118 cm³/mol. The zero-order chi connectivity index (χ0) is 22.4. The number of hydrogen-bond donors (Lipinski definition) is 1. The summed E-state index contributed by atoms with van der Waals surface area (Å²) in [6.07, 6.45) is 1.77. The molecule has 0 spiro atoms. The maximum absolute atomic E-state index is 13.5. The summed E-state index contributed by atoms with van der Waals surface area (Å²) < 4.78 is 5.31. The van der Waals surface area contributed by atoms with E-state index in [4.69, 9.17) is 4.74 Å². The van der Waals surface area contributed by atoms with Crippen molar-refractivity contribution in [2.45, 2.75) is 42.4 Å². The summed E-state index contributed by atoms with van der Waals surface area (Å²) in [5.74, 6) is -0.663. The quantitative estimate of drug-likeness (QED) is 0.659. The summed E-state index contributed by atoms with van der Waals surface area (Å²) in [6.45, 7) is 6.21. The van der Waals surface area contributed by atoms with Crippen LogP contribution in [0.5, 0.6) is 0 Å². The van der Waals surface area contributed by atoms with E-state index in [-0.39, 0.29) is 69.4 Å². The predicted octanol–water partition coefficient (Wildman–Crippen LogP) is 1.30. The van der Waals surface area contributed by atoms with Gasteiger partial charge in [0.2, 0.25) is 17.7 Å². The van der Waals surface area contributed by atoms with Gasteiger partial charge >= 0.3 is 4.87 Å². The number of imide groups is 1. The van der Waals surface area contributed by atoms with Crippen LogP contribution in [0.1, 0.15) is 31.6 Å². The zero-order valence-electron chi connectivity index (χ0n) is 18.2. The van der Waals surface area contributed by atoms with Gasteiger partial charge in [0.1, 0.15) is 6.54 Å². The standard InChI is InChI=1S/C22H27N3O5S2/c1-3-22(2)15-10-8-11(16(15)31-18-17(22)32-21(29)23-18)14-13(10)19(27)25(20(14)28)9-12(26)24-4-6-30-7-5-24/h10-11,13-16H,3-9H2,1-2H3,(H,23,29)/t10-,11-,13-,14-,15+,16+,22-/m0/s1. The van der Waals surface area contributed by atoms with Crippen LogP contribution >= 0.6 is 23.1 Å². The molecule has 4 heterocycles. The highest BCUT2D eigenvalue weighted by Gasteiger charge is 2.71. The van der Waals surface area contributed by atoms with Crippen molar-refractivity contribution in [3.63, 3.8) is 0 Å². The highest BCUT2D eigenvalue weighted by atomic mass is 32.2. The molecule has 1 aromatic rings. The molecule has 1 N–H and O–H groups in total. The SMILES string of the molecule is CC[C@]1(C)c2sc(=O)[nH]c2S[C@@H]2[C@H]3C[C@@H]([C@@H]4C(=O)N(CC(=O)N5CCOCC5)C(=O)[C@@H]34)[C@H]21. The lowest BCUT2D eigenvalue weighted by Crippen LogP contribution is -2.49. The number of aromatic nitrogens is 1. The maximum Gasteiger partial charge on any atom is 0.305 e. The number of thioether (sulfide) groups is 1. The van der Waals surface area contributed by atoms with Gasteiger partial charge in [0.05, 0.1) is 30.1 Å². The average Bonchev–Trinajstić information content (AvgIpc) is 3.52. The van der Waals surface area contributed by atoms with Crippen LogP contribution in [-0.2, 0) is 24.5 Å². The fourth-order valence-electron chi connectivity index (χ4n) is 7.16. The summed E-state index contributed by atoms with van der Waals surface area (Å²) in [4.78, 5) is 58.8. The average molecular weight is 478 g/mol. The number of H-pyrrole nitrogens is 1. The molecule has 32 heavy (non-hydrogen) atoms. The van der Waals surface area contributed by atoms with Gasteiger partial charge in [-0.2, -0.15) is 0 Å². The number of amides is 3. The number of likely N-dealkylation sites (tertiary alicyclic amines) is 1. The van der Waals surface area contributed by atoms with Crippen LogP contribution in [-0.4, -0.2) is 70.6 Å². The van der Waals surface area contributed by atoms with E-state index < -0.39 is 0 Å². The van der Waals surface area contributed by atoms with Gasteiger partial charge in [0.25, 0.3) is 0 Å². The van der Waals surface area contributed by atoms with E-state index in [1.165, 1.54) is 16.2 Å². The molecule has 8 nitrogen and oxygen atoms in total. The van der Waals surface area contributed by atoms with Gasteiger partial charge in [-0.05, 0) is 30.6 Å². The van der Waals surface area contributed by atoms with E-state index in [9.17, 15) is 19.2 Å². The van der Waals surface area contributed by atoms with Crippen molar-refractivity contribution in [1.29, 1.82) is 0 Å². The second kappa shape index (κ2) is 7.17. The molecule has 0 aromatic carbocycles. The summed E-state index contributed by atoms with van der Waals surface area (Å²) in [5.41, 5.74) is -0.181. The Morgan fingerprint density at radius 3 is 2.53 bits per heavy atom. The molecule has 172 valence electrons. The number of fused-ring (bicyclic) bond motifs is 9. The van der Waals surface area contributed by atoms with Crippen molar-refractivity contribution in [1.82, 2.24) is 14.8 Å². The van der Waals surface area contributed by atoms with Gasteiger partial charge in [-0.25, -0.2) is 0 Å². The lowest BCUT2D eigenvalue weighted by molar-refractivity contribution is -0.148. The van der Waals surface area contributed by atoms with Gasteiger partial charge in [-0.15, -0.1) is 11.8 Å². The fourth-order valence-corrected chi connectivity index (χ4v) is 10.4. The normalized spacial score (nSPS) is 39.9. The van der Waals surface area contributed by atoms with Gasteiger partial charge in [-0.3, -0.25) is 24.1 Å². The van der Waals surface area contributed by atoms with Crippen LogP contribution in [0.15, 0.2) is 9.82 Å². The lowest BCUT2D eigenvalue weighted by Gasteiger charge is -2.48. The lowest BCUT2D eigenvalue weighted by atomic mass is 9.62. The van der Waals surface area contributed by atoms with Crippen molar-refractivity contribution in [3.8, 4) is 0 Å². The fraction of sp³-hybridized carbons (Fsp3) is 0.727. The van der Waals surface area contributed by atoms with Crippen LogP contribution < -0.4 is 4.87 Å². The van der Waals surface area contributed by atoms with E-state index in [1.807, 2.05) is 0 Å².